The Labute approximate surface area is 159 Å². The maximum absolute atomic E-state index is 12.1. The lowest BCUT2D eigenvalue weighted by Crippen LogP contribution is -2.20. The second-order valence-corrected chi connectivity index (χ2v) is 6.33. The highest BCUT2D eigenvalue weighted by atomic mass is 35.5. The van der Waals surface area contributed by atoms with Gasteiger partial charge in [0.1, 0.15) is 17.1 Å². The molecule has 0 radical (unpaired) electrons. The average molecular weight is 388 g/mol. The molecule has 0 aromatic heterocycles. The van der Waals surface area contributed by atoms with Gasteiger partial charge in [-0.25, -0.2) is 0 Å². The number of para-hydroxylation sites is 1. The molecule has 1 N–H and O–H groups in total. The topological polar surface area (TPSA) is 107 Å². The van der Waals surface area contributed by atoms with Crippen molar-refractivity contribution in [2.45, 2.75) is 19.3 Å². The van der Waals surface area contributed by atoms with E-state index in [4.69, 9.17) is 16.3 Å². The summed E-state index contributed by atoms with van der Waals surface area (Å²) in [6.07, 6.45) is 0.621. The molecule has 2 aromatic rings. The van der Waals surface area contributed by atoms with Crippen LogP contribution >= 0.6 is 11.6 Å². The first kappa shape index (κ1) is 18.6. The lowest BCUT2D eigenvalue weighted by molar-refractivity contribution is -0.386. The number of ketones is 2. The van der Waals surface area contributed by atoms with Crippen LogP contribution in [0.3, 0.4) is 0 Å². The van der Waals surface area contributed by atoms with Gasteiger partial charge in [0.15, 0.2) is 11.6 Å². The van der Waals surface area contributed by atoms with Gasteiger partial charge in [0.25, 0.3) is 0 Å². The maximum Gasteiger partial charge on any atom is 0.322 e. The quantitative estimate of drug-likeness (QED) is 0.269. The second-order valence-electron chi connectivity index (χ2n) is 5.89. The number of nitro benzene ring substituents is 1. The zero-order chi connectivity index (χ0) is 19.6. The first-order chi connectivity index (χ1) is 12.9. The first-order valence-corrected chi connectivity index (χ1v) is 8.47. The van der Waals surface area contributed by atoms with Crippen LogP contribution < -0.4 is 4.74 Å². The molecule has 7 nitrogen and oxygen atoms in total. The zero-order valence-corrected chi connectivity index (χ0v) is 14.7. The summed E-state index contributed by atoms with van der Waals surface area (Å²) >= 11 is 5.81. The number of carbonyl (C=O) groups excluding carboxylic acids is 2. The predicted octanol–water partition coefficient (Wildman–Crippen LogP) is 4.63. The predicted molar refractivity (Wildman–Crippen MR) is 98.0 cm³/mol. The standard InChI is InChI=1S/C19H14ClNO6/c20-11-7-9-12(10-8-11)27-16-6-1-3-13(18(16)21(25)26)19(24)17-14(22)4-2-5-15(17)23/h1,3,6-10,24H,2,4-5H2. The minimum atomic E-state index is -0.727. The third-order valence-corrected chi connectivity index (χ3v) is 4.33. The van der Waals surface area contributed by atoms with E-state index < -0.39 is 33.5 Å². The monoisotopic (exact) mass is 387 g/mol. The van der Waals surface area contributed by atoms with E-state index in [1.807, 2.05) is 0 Å². The van der Waals surface area contributed by atoms with Crippen molar-refractivity contribution in [1.82, 2.24) is 0 Å². The Kier molecular flexibility index (Phi) is 5.23. The molecule has 1 aliphatic carbocycles. The van der Waals surface area contributed by atoms with Crippen LogP contribution in [0, 0.1) is 10.1 Å². The zero-order valence-electron chi connectivity index (χ0n) is 14.0. The number of benzene rings is 2. The highest BCUT2D eigenvalue weighted by Gasteiger charge is 2.32. The molecule has 0 amide bonds. The molecular formula is C19H14ClNO6. The molecule has 138 valence electrons. The minimum absolute atomic E-state index is 0.111. The summed E-state index contributed by atoms with van der Waals surface area (Å²) in [5.74, 6) is -1.58. The van der Waals surface area contributed by atoms with Gasteiger partial charge in [0.2, 0.25) is 5.75 Å². The summed E-state index contributed by atoms with van der Waals surface area (Å²) in [7, 11) is 0. The molecule has 1 aliphatic rings. The van der Waals surface area contributed by atoms with Gasteiger partial charge in [-0.3, -0.25) is 19.7 Å². The fourth-order valence-electron chi connectivity index (χ4n) is 2.83. The molecule has 0 spiro atoms. The van der Waals surface area contributed by atoms with E-state index in [1.165, 1.54) is 30.3 Å². The van der Waals surface area contributed by atoms with Gasteiger partial charge in [-0.2, -0.15) is 0 Å². The van der Waals surface area contributed by atoms with Gasteiger partial charge in [0.05, 0.1) is 10.5 Å². The largest absolute Gasteiger partial charge is 0.506 e. The highest BCUT2D eigenvalue weighted by Crippen LogP contribution is 2.38. The molecule has 3 rings (SSSR count). The molecule has 1 saturated carbocycles. The van der Waals surface area contributed by atoms with Crippen molar-refractivity contribution in [1.29, 1.82) is 0 Å². The van der Waals surface area contributed by atoms with Crippen LogP contribution in [0.15, 0.2) is 48.0 Å². The molecule has 0 heterocycles. The maximum atomic E-state index is 12.1. The second kappa shape index (κ2) is 7.59. The van der Waals surface area contributed by atoms with Gasteiger partial charge >= 0.3 is 5.69 Å². The summed E-state index contributed by atoms with van der Waals surface area (Å²) in [6.45, 7) is 0. The Morgan fingerprint density at radius 1 is 1.07 bits per heavy atom. The molecule has 27 heavy (non-hydrogen) atoms. The Morgan fingerprint density at radius 2 is 1.70 bits per heavy atom. The van der Waals surface area contributed by atoms with Crippen LogP contribution in [-0.4, -0.2) is 21.6 Å². The number of allylic oxidation sites excluding steroid dienone is 1. The Morgan fingerprint density at radius 3 is 2.30 bits per heavy atom. The summed E-state index contributed by atoms with van der Waals surface area (Å²) < 4.78 is 5.55. The van der Waals surface area contributed by atoms with Crippen LogP contribution in [0.5, 0.6) is 11.5 Å². The first-order valence-electron chi connectivity index (χ1n) is 8.09. The van der Waals surface area contributed by atoms with Crippen molar-refractivity contribution in [2.75, 3.05) is 0 Å². The van der Waals surface area contributed by atoms with Gasteiger partial charge < -0.3 is 9.84 Å². The van der Waals surface area contributed by atoms with Gasteiger partial charge in [-0.15, -0.1) is 0 Å². The molecule has 0 saturated heterocycles. The van der Waals surface area contributed by atoms with E-state index >= 15 is 0 Å². The Balaban J connectivity index is 2.11. The number of hydrogen-bond acceptors (Lipinski definition) is 6. The highest BCUT2D eigenvalue weighted by molar-refractivity contribution is 6.30. The van der Waals surface area contributed by atoms with Crippen LogP contribution in [0.1, 0.15) is 24.8 Å². The van der Waals surface area contributed by atoms with E-state index in [1.54, 1.807) is 12.1 Å². The van der Waals surface area contributed by atoms with Crippen molar-refractivity contribution >= 4 is 34.6 Å². The number of nitrogens with zero attached hydrogens (tertiary/aromatic N) is 1. The fourth-order valence-corrected chi connectivity index (χ4v) is 2.95. The normalized spacial score (nSPS) is 14.2. The lowest BCUT2D eigenvalue weighted by atomic mass is 9.89. The van der Waals surface area contributed by atoms with Crippen LogP contribution in [0.2, 0.25) is 5.02 Å². The summed E-state index contributed by atoms with van der Waals surface area (Å²) in [4.78, 5) is 35.0. The van der Waals surface area contributed by atoms with E-state index in [0.29, 0.717) is 17.2 Å². The van der Waals surface area contributed by atoms with Gasteiger partial charge in [-0.05, 0) is 42.8 Å². The lowest BCUT2D eigenvalue weighted by Gasteiger charge is -2.15. The summed E-state index contributed by atoms with van der Waals surface area (Å²) in [6, 6.07) is 10.2. The molecule has 0 bridgehead atoms. The SMILES string of the molecule is O=C1CCCC(=O)C1=C(O)c1cccc(Oc2ccc(Cl)cc2)c1[N+](=O)[O-]. The van der Waals surface area contributed by atoms with Crippen molar-refractivity contribution in [3.8, 4) is 11.5 Å². The van der Waals surface area contributed by atoms with Gasteiger partial charge in [-0.1, -0.05) is 17.7 Å². The van der Waals surface area contributed by atoms with Gasteiger partial charge in [0, 0.05) is 17.9 Å². The van der Waals surface area contributed by atoms with E-state index in [9.17, 15) is 24.8 Å². The smallest absolute Gasteiger partial charge is 0.322 e. The number of aliphatic hydroxyl groups excluding tert-OH is 1. The van der Waals surface area contributed by atoms with Crippen molar-refractivity contribution in [3.05, 3.63) is 68.7 Å². The molecular weight excluding hydrogens is 374 g/mol. The van der Waals surface area contributed by atoms with Crippen LogP contribution in [-0.2, 0) is 9.59 Å². The number of aliphatic hydroxyl groups is 1. The Hall–Kier alpha value is -3.19. The third-order valence-electron chi connectivity index (χ3n) is 4.08. The number of Topliss-reactive ketones (excluding diaryl/α,β-unsaturated/α-hetero) is 2. The van der Waals surface area contributed by atoms with Crippen molar-refractivity contribution < 1.29 is 24.4 Å². The molecule has 0 unspecified atom stereocenters. The number of hydrogen-bond donors (Lipinski definition) is 1. The Bertz CT molecular complexity index is 947. The number of carbonyl (C=O) groups is 2. The molecule has 8 heteroatoms. The van der Waals surface area contributed by atoms with E-state index in [2.05, 4.69) is 0 Å². The third kappa shape index (κ3) is 3.83. The molecule has 0 aliphatic heterocycles. The number of rotatable bonds is 4. The molecule has 2 aromatic carbocycles. The molecule has 0 atom stereocenters. The fraction of sp³-hybridized carbons (Fsp3) is 0.158. The van der Waals surface area contributed by atoms with Crippen LogP contribution in [0.4, 0.5) is 5.69 Å². The number of nitro groups is 1. The van der Waals surface area contributed by atoms with Crippen molar-refractivity contribution in [3.63, 3.8) is 0 Å². The minimum Gasteiger partial charge on any atom is -0.506 e. The van der Waals surface area contributed by atoms with E-state index in [-0.39, 0.29) is 24.2 Å². The summed E-state index contributed by atoms with van der Waals surface area (Å²) in [5, 5.41) is 22.6. The summed E-state index contributed by atoms with van der Waals surface area (Å²) in [5.41, 5.74) is -1.18. The van der Waals surface area contributed by atoms with E-state index in [0.717, 1.165) is 0 Å². The number of ether oxygens (including phenoxy) is 1. The van der Waals surface area contributed by atoms with Crippen molar-refractivity contribution in [2.24, 2.45) is 0 Å². The molecule has 1 fully saturated rings. The number of halogens is 1. The van der Waals surface area contributed by atoms with Crippen LogP contribution in [0.25, 0.3) is 5.76 Å². The average Bonchev–Trinajstić information content (AvgIpc) is 2.63.